The Hall–Kier alpha value is -1.57. The summed E-state index contributed by atoms with van der Waals surface area (Å²) in [4.78, 5) is 11.3. The van der Waals surface area contributed by atoms with Crippen molar-refractivity contribution >= 4 is 21.6 Å². The largest absolute Gasteiger partial charge is 0.265 e. The number of pyridine rings is 1. The molecule has 0 bridgehead atoms. The summed E-state index contributed by atoms with van der Waals surface area (Å²) in [6.07, 6.45) is 5.67. The molecule has 0 saturated heterocycles. The van der Waals surface area contributed by atoms with Crippen molar-refractivity contribution in [2.75, 3.05) is 6.54 Å². The fourth-order valence-electron chi connectivity index (χ4n) is 1.64. The van der Waals surface area contributed by atoms with Crippen molar-refractivity contribution in [3.05, 3.63) is 47.8 Å². The van der Waals surface area contributed by atoms with Crippen molar-refractivity contribution in [2.24, 2.45) is 0 Å². The van der Waals surface area contributed by atoms with Gasteiger partial charge in [-0.25, -0.2) is 18.4 Å². The molecule has 0 unspecified atom stereocenters. The lowest BCUT2D eigenvalue weighted by atomic mass is 10.3. The second-order valence-electron chi connectivity index (χ2n) is 3.97. The van der Waals surface area contributed by atoms with E-state index in [1.165, 1.54) is 16.7 Å². The van der Waals surface area contributed by atoms with Gasteiger partial charge in [-0.2, -0.15) is 4.31 Å². The second kappa shape index (κ2) is 6.25. The minimum absolute atomic E-state index is 0.0149. The Balaban J connectivity index is 2.28. The van der Waals surface area contributed by atoms with E-state index in [0.717, 1.165) is 5.56 Å². The van der Waals surface area contributed by atoms with Gasteiger partial charge in [0.05, 0.1) is 12.4 Å². The van der Waals surface area contributed by atoms with E-state index in [1.807, 2.05) is 0 Å². The molecular formula is C12H13ClN4O2S. The van der Waals surface area contributed by atoms with Crippen molar-refractivity contribution in [3.8, 4) is 0 Å². The first kappa shape index (κ1) is 14.8. The quantitative estimate of drug-likeness (QED) is 0.786. The normalized spacial score (nSPS) is 11.8. The number of hydrogen-bond acceptors (Lipinski definition) is 5. The van der Waals surface area contributed by atoms with Gasteiger partial charge in [-0.05, 0) is 29.3 Å². The van der Waals surface area contributed by atoms with Crippen molar-refractivity contribution in [2.45, 2.75) is 18.4 Å². The molecule has 0 aliphatic carbocycles. The Kier molecular flexibility index (Phi) is 4.64. The predicted octanol–water partition coefficient (Wildman–Crippen LogP) is 1.74. The topological polar surface area (TPSA) is 76.1 Å². The van der Waals surface area contributed by atoms with Crippen LogP contribution in [0.1, 0.15) is 12.5 Å². The first-order valence-corrected chi connectivity index (χ1v) is 7.72. The summed E-state index contributed by atoms with van der Waals surface area (Å²) >= 11 is 5.57. The lowest BCUT2D eigenvalue weighted by molar-refractivity contribution is 0.423. The highest BCUT2D eigenvalue weighted by Crippen LogP contribution is 2.17. The summed E-state index contributed by atoms with van der Waals surface area (Å²) in [5.41, 5.74) is 0.861. The van der Waals surface area contributed by atoms with Gasteiger partial charge in [-0.15, -0.1) is 0 Å². The molecule has 0 atom stereocenters. The van der Waals surface area contributed by atoms with E-state index >= 15 is 0 Å². The Bertz CT molecular complexity index is 662. The minimum Gasteiger partial charge on any atom is -0.265 e. The molecular weight excluding hydrogens is 300 g/mol. The van der Waals surface area contributed by atoms with E-state index in [0.29, 0.717) is 6.54 Å². The van der Waals surface area contributed by atoms with Crippen LogP contribution in [0.25, 0.3) is 0 Å². The van der Waals surface area contributed by atoms with Crippen LogP contribution < -0.4 is 0 Å². The van der Waals surface area contributed by atoms with Crippen LogP contribution in [-0.2, 0) is 16.6 Å². The van der Waals surface area contributed by atoms with Crippen molar-refractivity contribution in [1.82, 2.24) is 19.3 Å². The minimum atomic E-state index is -3.64. The molecule has 2 aromatic rings. The number of sulfonamides is 1. The predicted molar refractivity (Wildman–Crippen MR) is 74.5 cm³/mol. The standard InChI is InChI=1S/C12H13ClN4O2S/c1-2-17(9-10-3-5-14-6-4-10)20(18,19)11-7-15-12(13)16-8-11/h3-8H,2,9H2,1H3. The summed E-state index contributed by atoms with van der Waals surface area (Å²) in [5.74, 6) is 0. The van der Waals surface area contributed by atoms with Crippen LogP contribution in [0.2, 0.25) is 5.28 Å². The van der Waals surface area contributed by atoms with Crippen molar-refractivity contribution in [3.63, 3.8) is 0 Å². The van der Waals surface area contributed by atoms with E-state index in [9.17, 15) is 8.42 Å². The number of rotatable bonds is 5. The molecule has 0 aliphatic heterocycles. The number of aromatic nitrogens is 3. The summed E-state index contributed by atoms with van der Waals surface area (Å²) in [6.45, 7) is 2.38. The monoisotopic (exact) mass is 312 g/mol. The van der Waals surface area contributed by atoms with Gasteiger partial charge in [0.25, 0.3) is 0 Å². The third-order valence-electron chi connectivity index (χ3n) is 2.70. The van der Waals surface area contributed by atoms with E-state index in [2.05, 4.69) is 15.0 Å². The third-order valence-corrected chi connectivity index (χ3v) is 4.76. The van der Waals surface area contributed by atoms with E-state index in [4.69, 9.17) is 11.6 Å². The van der Waals surface area contributed by atoms with Crippen LogP contribution in [0, 0.1) is 0 Å². The lowest BCUT2D eigenvalue weighted by Crippen LogP contribution is -2.30. The molecule has 0 spiro atoms. The molecule has 0 aliphatic rings. The van der Waals surface area contributed by atoms with Crippen LogP contribution in [0.15, 0.2) is 41.8 Å². The third kappa shape index (κ3) is 3.30. The molecule has 6 nitrogen and oxygen atoms in total. The van der Waals surface area contributed by atoms with E-state index < -0.39 is 10.0 Å². The average molecular weight is 313 g/mol. The fraction of sp³-hybridized carbons (Fsp3) is 0.250. The average Bonchev–Trinajstić information content (AvgIpc) is 2.46. The molecule has 0 radical (unpaired) electrons. The van der Waals surface area contributed by atoms with Gasteiger partial charge < -0.3 is 0 Å². The van der Waals surface area contributed by atoms with Gasteiger partial charge in [0.2, 0.25) is 15.3 Å². The maximum Gasteiger partial charge on any atom is 0.246 e. The first-order valence-electron chi connectivity index (χ1n) is 5.90. The molecule has 106 valence electrons. The van der Waals surface area contributed by atoms with Crippen LogP contribution in [-0.4, -0.2) is 34.2 Å². The Morgan fingerprint density at radius 2 is 1.80 bits per heavy atom. The maximum atomic E-state index is 12.5. The highest BCUT2D eigenvalue weighted by molar-refractivity contribution is 7.89. The Morgan fingerprint density at radius 3 is 2.35 bits per heavy atom. The zero-order valence-electron chi connectivity index (χ0n) is 10.8. The molecule has 0 amide bonds. The summed E-state index contributed by atoms with van der Waals surface area (Å²) in [7, 11) is -3.64. The SMILES string of the molecule is CCN(Cc1ccncc1)S(=O)(=O)c1cnc(Cl)nc1. The highest BCUT2D eigenvalue weighted by atomic mass is 35.5. The van der Waals surface area contributed by atoms with Crippen LogP contribution in [0.3, 0.4) is 0 Å². The molecule has 2 aromatic heterocycles. The first-order chi connectivity index (χ1) is 9.54. The van der Waals surface area contributed by atoms with Crippen LogP contribution in [0.5, 0.6) is 0 Å². The van der Waals surface area contributed by atoms with Crippen molar-refractivity contribution in [1.29, 1.82) is 0 Å². The molecule has 2 rings (SSSR count). The van der Waals surface area contributed by atoms with E-state index in [1.54, 1.807) is 31.5 Å². The number of nitrogens with zero attached hydrogens (tertiary/aromatic N) is 4. The molecule has 0 fully saturated rings. The summed E-state index contributed by atoms with van der Waals surface area (Å²) in [6, 6.07) is 3.55. The van der Waals surface area contributed by atoms with Crippen LogP contribution >= 0.6 is 11.6 Å². The summed E-state index contributed by atoms with van der Waals surface area (Å²) in [5, 5.41) is 0.0149. The fourth-order valence-corrected chi connectivity index (χ4v) is 3.07. The smallest absolute Gasteiger partial charge is 0.246 e. The Labute approximate surface area is 122 Å². The molecule has 20 heavy (non-hydrogen) atoms. The van der Waals surface area contributed by atoms with E-state index in [-0.39, 0.29) is 16.7 Å². The molecule has 8 heteroatoms. The molecule has 2 heterocycles. The number of halogens is 1. The Morgan fingerprint density at radius 1 is 1.20 bits per heavy atom. The second-order valence-corrected chi connectivity index (χ2v) is 6.25. The van der Waals surface area contributed by atoms with Gasteiger partial charge >= 0.3 is 0 Å². The van der Waals surface area contributed by atoms with Gasteiger partial charge in [0, 0.05) is 25.5 Å². The van der Waals surface area contributed by atoms with Gasteiger partial charge in [-0.1, -0.05) is 6.92 Å². The van der Waals surface area contributed by atoms with Crippen LogP contribution in [0.4, 0.5) is 0 Å². The molecule has 0 saturated carbocycles. The van der Waals surface area contributed by atoms with Gasteiger partial charge in [0.15, 0.2) is 0 Å². The maximum absolute atomic E-state index is 12.5. The highest BCUT2D eigenvalue weighted by Gasteiger charge is 2.24. The summed E-state index contributed by atoms with van der Waals surface area (Å²) < 4.78 is 26.3. The zero-order valence-corrected chi connectivity index (χ0v) is 12.3. The molecule has 0 aromatic carbocycles. The van der Waals surface area contributed by atoms with Gasteiger partial charge in [-0.3, -0.25) is 4.98 Å². The number of hydrogen-bond donors (Lipinski definition) is 0. The van der Waals surface area contributed by atoms with Gasteiger partial charge in [0.1, 0.15) is 4.90 Å². The van der Waals surface area contributed by atoms with Crippen molar-refractivity contribution < 1.29 is 8.42 Å². The zero-order chi connectivity index (χ0) is 14.6. The lowest BCUT2D eigenvalue weighted by Gasteiger charge is -2.20. The molecule has 0 N–H and O–H groups in total.